The lowest BCUT2D eigenvalue weighted by molar-refractivity contribution is -0.120. The standard InChI is InChI=1S/C17H25ClN2O3S/c1-13-15(18)10-7-11-16(13)20(24(2,22)23)12-17(21)19-14-8-5-3-4-6-9-14/h7,10-11,14H,3-6,8-9,12H2,1-2H3,(H,19,21). The molecule has 1 fully saturated rings. The minimum atomic E-state index is -3.59. The van der Waals surface area contributed by atoms with Crippen molar-refractivity contribution in [2.75, 3.05) is 17.1 Å². The zero-order chi connectivity index (χ0) is 17.7. The maximum absolute atomic E-state index is 12.4. The summed E-state index contributed by atoms with van der Waals surface area (Å²) in [6, 6.07) is 5.20. The first-order chi connectivity index (χ1) is 11.3. The van der Waals surface area contributed by atoms with Gasteiger partial charge >= 0.3 is 0 Å². The molecule has 2 rings (SSSR count). The van der Waals surface area contributed by atoms with E-state index in [2.05, 4.69) is 5.32 Å². The second-order valence-electron chi connectivity index (χ2n) is 6.41. The van der Waals surface area contributed by atoms with Gasteiger partial charge in [-0.3, -0.25) is 9.10 Å². The SMILES string of the molecule is Cc1c(Cl)cccc1N(CC(=O)NC1CCCCCC1)S(C)(=O)=O. The lowest BCUT2D eigenvalue weighted by Gasteiger charge is -2.25. The normalized spacial score (nSPS) is 16.5. The number of rotatable bonds is 5. The highest BCUT2D eigenvalue weighted by Crippen LogP contribution is 2.28. The third-order valence-corrected chi connectivity index (χ3v) is 5.95. The number of hydrogen-bond acceptors (Lipinski definition) is 3. The first-order valence-electron chi connectivity index (χ1n) is 8.31. The Kier molecular flexibility index (Phi) is 6.52. The Morgan fingerprint density at radius 3 is 2.46 bits per heavy atom. The van der Waals surface area contributed by atoms with Crippen molar-refractivity contribution in [1.82, 2.24) is 5.32 Å². The van der Waals surface area contributed by atoms with Crippen LogP contribution in [-0.2, 0) is 14.8 Å². The summed E-state index contributed by atoms with van der Waals surface area (Å²) in [4.78, 5) is 12.4. The predicted molar refractivity (Wildman–Crippen MR) is 98.0 cm³/mol. The van der Waals surface area contributed by atoms with Crippen LogP contribution in [0.15, 0.2) is 18.2 Å². The van der Waals surface area contributed by atoms with Crippen LogP contribution >= 0.6 is 11.6 Å². The van der Waals surface area contributed by atoms with Crippen LogP contribution in [0.2, 0.25) is 5.02 Å². The monoisotopic (exact) mass is 372 g/mol. The fourth-order valence-corrected chi connectivity index (χ4v) is 4.15. The predicted octanol–water partition coefficient (Wildman–Crippen LogP) is 3.25. The van der Waals surface area contributed by atoms with E-state index in [0.29, 0.717) is 16.3 Å². The molecule has 24 heavy (non-hydrogen) atoms. The summed E-state index contributed by atoms with van der Waals surface area (Å²) in [5, 5.41) is 3.46. The molecule has 0 spiro atoms. The zero-order valence-electron chi connectivity index (χ0n) is 14.2. The first kappa shape index (κ1) is 19.1. The molecule has 1 aliphatic carbocycles. The first-order valence-corrected chi connectivity index (χ1v) is 10.5. The molecule has 1 N–H and O–H groups in total. The number of carbonyl (C=O) groups excluding carboxylic acids is 1. The minimum absolute atomic E-state index is 0.141. The van der Waals surface area contributed by atoms with Gasteiger partial charge in [-0.2, -0.15) is 0 Å². The number of halogens is 1. The Bertz CT molecular complexity index is 683. The van der Waals surface area contributed by atoms with Gasteiger partial charge in [-0.05, 0) is 37.5 Å². The third-order valence-electron chi connectivity index (χ3n) is 4.42. The lowest BCUT2D eigenvalue weighted by atomic mass is 10.1. The maximum Gasteiger partial charge on any atom is 0.240 e. The fourth-order valence-electron chi connectivity index (χ4n) is 3.07. The molecule has 0 saturated heterocycles. The van der Waals surface area contributed by atoms with Crippen molar-refractivity contribution in [3.8, 4) is 0 Å². The maximum atomic E-state index is 12.4. The summed E-state index contributed by atoms with van der Waals surface area (Å²) in [5.41, 5.74) is 1.09. The highest BCUT2D eigenvalue weighted by molar-refractivity contribution is 7.92. The highest BCUT2D eigenvalue weighted by Gasteiger charge is 2.24. The van der Waals surface area contributed by atoms with Crippen LogP contribution in [0.5, 0.6) is 0 Å². The van der Waals surface area contributed by atoms with Gasteiger partial charge in [0.15, 0.2) is 0 Å². The van der Waals surface area contributed by atoms with E-state index in [0.717, 1.165) is 36.2 Å². The molecule has 0 aliphatic heterocycles. The molecule has 1 aromatic rings. The van der Waals surface area contributed by atoms with Crippen LogP contribution in [0.3, 0.4) is 0 Å². The van der Waals surface area contributed by atoms with Crippen LogP contribution < -0.4 is 9.62 Å². The molecule has 0 aromatic heterocycles. The molecule has 0 bridgehead atoms. The van der Waals surface area contributed by atoms with Gasteiger partial charge < -0.3 is 5.32 Å². The van der Waals surface area contributed by atoms with E-state index in [4.69, 9.17) is 11.6 Å². The summed E-state index contributed by atoms with van der Waals surface area (Å²) in [7, 11) is -3.59. The summed E-state index contributed by atoms with van der Waals surface area (Å²) in [5.74, 6) is -0.272. The molecular formula is C17H25ClN2O3S. The van der Waals surface area contributed by atoms with E-state index in [1.165, 1.54) is 12.8 Å². The molecule has 5 nitrogen and oxygen atoms in total. The molecule has 0 unspecified atom stereocenters. The van der Waals surface area contributed by atoms with E-state index >= 15 is 0 Å². The van der Waals surface area contributed by atoms with E-state index in [1.54, 1.807) is 25.1 Å². The van der Waals surface area contributed by atoms with Crippen LogP contribution in [0.25, 0.3) is 0 Å². The summed E-state index contributed by atoms with van der Waals surface area (Å²) >= 11 is 6.10. The molecule has 1 saturated carbocycles. The van der Waals surface area contributed by atoms with Crippen molar-refractivity contribution in [2.24, 2.45) is 0 Å². The molecular weight excluding hydrogens is 348 g/mol. The number of anilines is 1. The van der Waals surface area contributed by atoms with E-state index in [9.17, 15) is 13.2 Å². The van der Waals surface area contributed by atoms with Crippen molar-refractivity contribution < 1.29 is 13.2 Å². The van der Waals surface area contributed by atoms with Gasteiger partial charge in [0.25, 0.3) is 0 Å². The Morgan fingerprint density at radius 1 is 1.25 bits per heavy atom. The van der Waals surface area contributed by atoms with Gasteiger partial charge in [-0.15, -0.1) is 0 Å². The molecule has 1 aliphatic rings. The number of hydrogen-bond donors (Lipinski definition) is 1. The molecule has 0 heterocycles. The fraction of sp³-hybridized carbons (Fsp3) is 0.588. The van der Waals surface area contributed by atoms with Gasteiger partial charge in [0.2, 0.25) is 15.9 Å². The van der Waals surface area contributed by atoms with Crippen molar-refractivity contribution in [3.05, 3.63) is 28.8 Å². The second kappa shape index (κ2) is 8.21. The van der Waals surface area contributed by atoms with Crippen molar-refractivity contribution in [3.63, 3.8) is 0 Å². The Labute approximate surface area is 149 Å². The van der Waals surface area contributed by atoms with Crippen LogP contribution in [0.1, 0.15) is 44.1 Å². The number of nitrogens with zero attached hydrogens (tertiary/aromatic N) is 1. The van der Waals surface area contributed by atoms with Gasteiger partial charge in [0.1, 0.15) is 6.54 Å². The average Bonchev–Trinajstić information content (AvgIpc) is 2.75. The van der Waals surface area contributed by atoms with Crippen molar-refractivity contribution in [2.45, 2.75) is 51.5 Å². The van der Waals surface area contributed by atoms with Crippen LogP contribution in [0.4, 0.5) is 5.69 Å². The molecule has 1 amide bonds. The molecule has 0 radical (unpaired) electrons. The van der Waals surface area contributed by atoms with E-state index in [1.807, 2.05) is 0 Å². The lowest BCUT2D eigenvalue weighted by Crippen LogP contribution is -2.44. The van der Waals surface area contributed by atoms with E-state index in [-0.39, 0.29) is 18.5 Å². The number of sulfonamides is 1. The molecule has 134 valence electrons. The van der Waals surface area contributed by atoms with Gasteiger partial charge in [0.05, 0.1) is 11.9 Å². The molecule has 0 atom stereocenters. The van der Waals surface area contributed by atoms with Gasteiger partial charge in [0, 0.05) is 11.1 Å². The molecule has 7 heteroatoms. The summed E-state index contributed by atoms with van der Waals surface area (Å²) in [6.07, 6.45) is 7.63. The van der Waals surface area contributed by atoms with Crippen molar-refractivity contribution >= 4 is 33.2 Å². The smallest absolute Gasteiger partial charge is 0.240 e. The quantitative estimate of drug-likeness (QED) is 0.807. The minimum Gasteiger partial charge on any atom is -0.352 e. The Morgan fingerprint density at radius 2 is 1.88 bits per heavy atom. The number of amides is 1. The van der Waals surface area contributed by atoms with Gasteiger partial charge in [-0.1, -0.05) is 43.4 Å². The number of nitrogens with one attached hydrogen (secondary N) is 1. The third kappa shape index (κ3) is 5.11. The zero-order valence-corrected chi connectivity index (χ0v) is 15.8. The largest absolute Gasteiger partial charge is 0.352 e. The Hall–Kier alpha value is -1.27. The summed E-state index contributed by atoms with van der Waals surface area (Å²) in [6.45, 7) is 1.52. The van der Waals surface area contributed by atoms with Gasteiger partial charge in [-0.25, -0.2) is 8.42 Å². The van der Waals surface area contributed by atoms with Crippen molar-refractivity contribution in [1.29, 1.82) is 0 Å². The second-order valence-corrected chi connectivity index (χ2v) is 8.72. The number of carbonyl (C=O) groups is 1. The Balaban J connectivity index is 2.14. The molecule has 1 aromatic carbocycles. The average molecular weight is 373 g/mol. The summed E-state index contributed by atoms with van der Waals surface area (Å²) < 4.78 is 25.5. The van der Waals surface area contributed by atoms with Crippen LogP contribution in [-0.4, -0.2) is 33.2 Å². The highest BCUT2D eigenvalue weighted by atomic mass is 35.5. The van der Waals surface area contributed by atoms with E-state index < -0.39 is 10.0 Å². The topological polar surface area (TPSA) is 66.5 Å². The number of benzene rings is 1. The van der Waals surface area contributed by atoms with Crippen LogP contribution in [0, 0.1) is 6.92 Å².